The predicted molar refractivity (Wildman–Crippen MR) is 174 cm³/mol. The smallest absolute Gasteiger partial charge is 0.251 e. The average Bonchev–Trinajstić information content (AvgIpc) is 3.11. The molecule has 2 heterocycles. The number of aliphatic hydroxyl groups excluding tert-OH is 1. The Labute approximate surface area is 267 Å². The predicted octanol–water partition coefficient (Wildman–Crippen LogP) is 6.75. The Kier molecular flexibility index (Phi) is 9.87. The Morgan fingerprint density at radius 3 is 2.33 bits per heavy atom. The van der Waals surface area contributed by atoms with Crippen molar-refractivity contribution in [1.29, 1.82) is 0 Å². The first-order chi connectivity index (χ1) is 22.1. The number of thioether (sulfide) groups is 1. The lowest BCUT2D eigenvalue weighted by molar-refractivity contribution is -0.645. The fourth-order valence-corrected chi connectivity index (χ4v) is 6.23. The number of benzene rings is 4. The molecule has 0 radical (unpaired) electrons. The molecule has 45 heavy (non-hydrogen) atoms. The zero-order valence-electron chi connectivity index (χ0n) is 24.6. The average molecular weight is 619 g/mol. The summed E-state index contributed by atoms with van der Waals surface area (Å²) >= 11 is 1.47. The van der Waals surface area contributed by atoms with E-state index in [2.05, 4.69) is 29.6 Å². The number of aliphatic hydroxyl groups is 1. The van der Waals surface area contributed by atoms with Gasteiger partial charge in [0.05, 0.1) is 18.8 Å². The maximum absolute atomic E-state index is 12.5. The van der Waals surface area contributed by atoms with Crippen molar-refractivity contribution in [3.05, 3.63) is 161 Å². The highest BCUT2D eigenvalue weighted by molar-refractivity contribution is 7.99. The zero-order valence-corrected chi connectivity index (χ0v) is 25.4. The minimum Gasteiger partial charge on any atom is -0.618 e. The maximum atomic E-state index is 12.5. The van der Waals surface area contributed by atoms with Gasteiger partial charge in [-0.05, 0) is 52.1 Å². The number of carbonyl (C=O) groups excluding carboxylic acids is 1. The van der Waals surface area contributed by atoms with Gasteiger partial charge >= 0.3 is 0 Å². The van der Waals surface area contributed by atoms with Crippen LogP contribution in [-0.2, 0) is 22.6 Å². The van der Waals surface area contributed by atoms with Gasteiger partial charge in [-0.15, -0.1) is 0 Å². The Hall–Kier alpha value is -4.47. The van der Waals surface area contributed by atoms with Crippen LogP contribution >= 0.6 is 11.8 Å². The third kappa shape index (κ3) is 7.79. The molecule has 1 aromatic heterocycles. The SMILES string of the molecule is O=C(NCc1cccc(-c2ccc([C@@H]3O[C@H](CSc4cccc[n+]4[O-])C[C@H](c4ccc(CO)cc4)O3)cc2)c1)c1ccccc1. The summed E-state index contributed by atoms with van der Waals surface area (Å²) in [5, 5.41) is 25.3. The lowest BCUT2D eigenvalue weighted by atomic mass is 9.99. The van der Waals surface area contributed by atoms with Gasteiger partial charge in [0, 0.05) is 42.0 Å². The lowest BCUT2D eigenvalue weighted by Gasteiger charge is -2.36. The topological polar surface area (TPSA) is 94.7 Å². The number of hydrogen-bond acceptors (Lipinski definition) is 6. The third-order valence-electron chi connectivity index (χ3n) is 7.75. The van der Waals surface area contributed by atoms with Gasteiger partial charge in [-0.2, -0.15) is 4.73 Å². The van der Waals surface area contributed by atoms with E-state index in [1.165, 1.54) is 18.0 Å². The van der Waals surface area contributed by atoms with Crippen LogP contribution < -0.4 is 10.0 Å². The quantitative estimate of drug-likeness (QED) is 0.102. The van der Waals surface area contributed by atoms with Crippen LogP contribution in [0.15, 0.2) is 133 Å². The normalized spacial score (nSPS) is 17.9. The molecule has 6 rings (SSSR count). The Morgan fingerprint density at radius 1 is 0.822 bits per heavy atom. The monoisotopic (exact) mass is 618 g/mol. The van der Waals surface area contributed by atoms with E-state index in [0.717, 1.165) is 38.1 Å². The zero-order chi connectivity index (χ0) is 31.0. The van der Waals surface area contributed by atoms with Crippen molar-refractivity contribution < 1.29 is 24.1 Å². The molecular formula is C37H34N2O5S. The number of pyridine rings is 1. The molecule has 0 spiro atoms. The van der Waals surface area contributed by atoms with Crippen molar-refractivity contribution in [3.63, 3.8) is 0 Å². The van der Waals surface area contributed by atoms with Crippen molar-refractivity contribution >= 4 is 17.7 Å². The molecule has 5 aromatic rings. The second-order valence-corrected chi connectivity index (χ2v) is 11.9. The fourth-order valence-electron chi connectivity index (χ4n) is 5.29. The van der Waals surface area contributed by atoms with E-state index < -0.39 is 6.29 Å². The van der Waals surface area contributed by atoms with Crippen molar-refractivity contribution in [2.45, 2.75) is 43.1 Å². The molecule has 1 aliphatic heterocycles. The minimum atomic E-state index is -0.587. The molecule has 1 amide bonds. The second kappa shape index (κ2) is 14.5. The summed E-state index contributed by atoms with van der Waals surface area (Å²) in [4.78, 5) is 12.5. The van der Waals surface area contributed by atoms with Crippen molar-refractivity contribution in [2.24, 2.45) is 0 Å². The van der Waals surface area contributed by atoms with Gasteiger partial charge in [0.15, 0.2) is 12.5 Å². The van der Waals surface area contributed by atoms with E-state index in [4.69, 9.17) is 9.47 Å². The Balaban J connectivity index is 1.16. The van der Waals surface area contributed by atoms with Crippen LogP contribution in [0.2, 0.25) is 0 Å². The highest BCUT2D eigenvalue weighted by atomic mass is 32.2. The van der Waals surface area contributed by atoms with Crippen LogP contribution in [0.1, 0.15) is 51.4 Å². The highest BCUT2D eigenvalue weighted by Crippen LogP contribution is 2.39. The molecule has 1 aliphatic rings. The molecular weight excluding hydrogens is 584 g/mol. The number of aromatic nitrogens is 1. The third-order valence-corrected chi connectivity index (χ3v) is 8.90. The fraction of sp³-hybridized carbons (Fsp3) is 0.189. The van der Waals surface area contributed by atoms with Crippen LogP contribution in [0.25, 0.3) is 11.1 Å². The van der Waals surface area contributed by atoms with Crippen LogP contribution in [0.4, 0.5) is 0 Å². The summed E-state index contributed by atoms with van der Waals surface area (Å²) in [7, 11) is 0. The van der Waals surface area contributed by atoms with Crippen molar-refractivity contribution in [3.8, 4) is 11.1 Å². The van der Waals surface area contributed by atoms with Gasteiger partial charge < -0.3 is 25.1 Å². The molecule has 228 valence electrons. The van der Waals surface area contributed by atoms with Gasteiger partial charge in [0.1, 0.15) is 0 Å². The largest absolute Gasteiger partial charge is 0.618 e. The van der Waals surface area contributed by atoms with E-state index in [1.54, 1.807) is 18.2 Å². The molecule has 8 heteroatoms. The number of nitrogens with one attached hydrogen (secondary N) is 1. The number of hydrogen-bond donors (Lipinski definition) is 2. The standard InChI is InChI=1S/C37H34N2O5S/c40-24-26-12-14-29(15-13-26)34-22-33(25-45-35-11-4-5-20-39(35)42)43-37(44-34)31-18-16-28(17-19-31)32-10-6-7-27(21-32)23-38-36(41)30-8-2-1-3-9-30/h1-21,33-34,37,40H,22-25H2,(H,38,41)/t33-,34+,37+/m0/s1. The van der Waals surface area contributed by atoms with E-state index in [9.17, 15) is 15.1 Å². The Morgan fingerprint density at radius 2 is 1.58 bits per heavy atom. The first-order valence-corrected chi connectivity index (χ1v) is 15.9. The molecule has 7 nitrogen and oxygen atoms in total. The molecule has 2 N–H and O–H groups in total. The molecule has 4 aromatic carbocycles. The van der Waals surface area contributed by atoms with Gasteiger partial charge in [0.2, 0.25) is 0 Å². The van der Waals surface area contributed by atoms with Gasteiger partial charge in [0.25, 0.3) is 10.9 Å². The lowest BCUT2D eigenvalue weighted by Crippen LogP contribution is -2.32. The van der Waals surface area contributed by atoms with Crippen molar-refractivity contribution in [2.75, 3.05) is 5.75 Å². The number of amides is 1. The summed E-state index contributed by atoms with van der Waals surface area (Å²) in [5.74, 6) is 0.497. The number of carbonyl (C=O) groups is 1. The van der Waals surface area contributed by atoms with Crippen LogP contribution in [-0.4, -0.2) is 22.9 Å². The second-order valence-electron chi connectivity index (χ2n) is 10.9. The summed E-state index contributed by atoms with van der Waals surface area (Å²) in [6, 6.07) is 38.7. The maximum Gasteiger partial charge on any atom is 0.251 e. The first kappa shape index (κ1) is 30.6. The molecule has 0 saturated carbocycles. The summed E-state index contributed by atoms with van der Waals surface area (Å²) in [6.45, 7) is 0.416. The van der Waals surface area contributed by atoms with E-state index >= 15 is 0 Å². The highest BCUT2D eigenvalue weighted by Gasteiger charge is 2.32. The summed E-state index contributed by atoms with van der Waals surface area (Å²) < 4.78 is 13.8. The van der Waals surface area contributed by atoms with Crippen LogP contribution in [0.5, 0.6) is 0 Å². The van der Waals surface area contributed by atoms with E-state index in [-0.39, 0.29) is 24.7 Å². The summed E-state index contributed by atoms with van der Waals surface area (Å²) in [5.41, 5.74) is 6.49. The first-order valence-electron chi connectivity index (χ1n) is 14.9. The van der Waals surface area contributed by atoms with Gasteiger partial charge in [-0.1, -0.05) is 96.7 Å². The number of nitrogens with zero attached hydrogens (tertiary/aromatic N) is 1. The van der Waals surface area contributed by atoms with Gasteiger partial charge in [-0.25, -0.2) is 0 Å². The number of ether oxygens (including phenoxy) is 2. The molecule has 0 aliphatic carbocycles. The van der Waals surface area contributed by atoms with E-state index in [0.29, 0.717) is 29.3 Å². The van der Waals surface area contributed by atoms with Crippen LogP contribution in [0, 0.1) is 5.21 Å². The van der Waals surface area contributed by atoms with E-state index in [1.807, 2.05) is 78.9 Å². The summed E-state index contributed by atoms with van der Waals surface area (Å²) in [6.07, 6.45) is 1.19. The molecule has 0 bridgehead atoms. The molecule has 3 atom stereocenters. The van der Waals surface area contributed by atoms with Gasteiger partial charge in [-0.3, -0.25) is 4.79 Å². The molecule has 1 saturated heterocycles. The minimum absolute atomic E-state index is 0.0132. The molecule has 0 unspecified atom stereocenters. The van der Waals surface area contributed by atoms with Crippen LogP contribution in [0.3, 0.4) is 0 Å². The van der Waals surface area contributed by atoms with Crippen molar-refractivity contribution in [1.82, 2.24) is 5.32 Å². The molecule has 1 fully saturated rings. The Bertz CT molecular complexity index is 1710. The number of rotatable bonds is 10.